The van der Waals surface area contributed by atoms with Crippen LogP contribution in [0, 0.1) is 5.92 Å². The Morgan fingerprint density at radius 3 is 2.53 bits per heavy atom. The summed E-state index contributed by atoms with van der Waals surface area (Å²) in [5, 5.41) is 0. The summed E-state index contributed by atoms with van der Waals surface area (Å²) in [4.78, 5) is 18.8. The molecule has 4 nitrogen and oxygen atoms in total. The summed E-state index contributed by atoms with van der Waals surface area (Å²) in [6, 6.07) is 0. The van der Waals surface area contributed by atoms with Crippen LogP contribution in [-0.4, -0.2) is 73.5 Å². The highest BCUT2D eigenvalue weighted by Gasteiger charge is 2.23. The summed E-state index contributed by atoms with van der Waals surface area (Å²) in [6.07, 6.45) is 2.45. The topological polar surface area (TPSA) is 26.8 Å². The number of hydrogen-bond donors (Lipinski definition) is 0. The minimum absolute atomic E-state index is 0.334. The fourth-order valence-electron chi connectivity index (χ4n) is 2.71. The molecule has 2 heterocycles. The number of rotatable bonds is 2. The molecule has 0 aliphatic carbocycles. The summed E-state index contributed by atoms with van der Waals surface area (Å²) in [5.74, 6) is 1.02. The zero-order valence-electron chi connectivity index (χ0n) is 11.2. The molecule has 0 unspecified atom stereocenters. The lowest BCUT2D eigenvalue weighted by Crippen LogP contribution is -2.50. The molecule has 4 heteroatoms. The monoisotopic (exact) mass is 239 g/mol. The van der Waals surface area contributed by atoms with Gasteiger partial charge in [0.1, 0.15) is 0 Å². The molecule has 0 spiro atoms. The van der Waals surface area contributed by atoms with Gasteiger partial charge in [-0.2, -0.15) is 0 Å². The normalized spacial score (nSPS) is 28.4. The van der Waals surface area contributed by atoms with Gasteiger partial charge in [0.05, 0.1) is 6.54 Å². The van der Waals surface area contributed by atoms with Crippen LogP contribution in [0.2, 0.25) is 0 Å². The number of piperidine rings is 1. The van der Waals surface area contributed by atoms with E-state index in [-0.39, 0.29) is 0 Å². The van der Waals surface area contributed by atoms with Crippen molar-refractivity contribution in [2.24, 2.45) is 5.92 Å². The van der Waals surface area contributed by atoms with Gasteiger partial charge in [-0.15, -0.1) is 0 Å². The first-order chi connectivity index (χ1) is 8.15. The second-order valence-corrected chi connectivity index (χ2v) is 5.67. The second kappa shape index (κ2) is 5.83. The van der Waals surface area contributed by atoms with Crippen LogP contribution < -0.4 is 0 Å². The van der Waals surface area contributed by atoms with Gasteiger partial charge in [-0.25, -0.2) is 0 Å². The lowest BCUT2D eigenvalue weighted by atomic mass is 10.0. The van der Waals surface area contributed by atoms with Gasteiger partial charge in [-0.3, -0.25) is 9.69 Å². The maximum Gasteiger partial charge on any atom is 0.236 e. The van der Waals surface area contributed by atoms with E-state index in [1.54, 1.807) is 0 Å². The summed E-state index contributed by atoms with van der Waals surface area (Å²) < 4.78 is 0. The number of carbonyl (C=O) groups excluding carboxylic acids is 1. The van der Waals surface area contributed by atoms with E-state index >= 15 is 0 Å². The van der Waals surface area contributed by atoms with Crippen molar-refractivity contribution in [2.45, 2.75) is 19.8 Å². The summed E-state index contributed by atoms with van der Waals surface area (Å²) >= 11 is 0. The van der Waals surface area contributed by atoms with E-state index < -0.39 is 0 Å². The van der Waals surface area contributed by atoms with Crippen molar-refractivity contribution >= 4 is 5.91 Å². The zero-order chi connectivity index (χ0) is 12.3. The van der Waals surface area contributed by atoms with Gasteiger partial charge in [-0.05, 0) is 25.8 Å². The van der Waals surface area contributed by atoms with Crippen molar-refractivity contribution in [3.8, 4) is 0 Å². The van der Waals surface area contributed by atoms with Gasteiger partial charge in [0.25, 0.3) is 0 Å². The van der Waals surface area contributed by atoms with Crippen LogP contribution in [0.4, 0.5) is 0 Å². The van der Waals surface area contributed by atoms with E-state index in [0.29, 0.717) is 18.4 Å². The average molecular weight is 239 g/mol. The number of hydrogen-bond acceptors (Lipinski definition) is 3. The van der Waals surface area contributed by atoms with Gasteiger partial charge in [0.15, 0.2) is 0 Å². The van der Waals surface area contributed by atoms with Crippen LogP contribution in [0.3, 0.4) is 0 Å². The van der Waals surface area contributed by atoms with E-state index in [1.165, 1.54) is 12.8 Å². The number of likely N-dealkylation sites (tertiary alicyclic amines) is 1. The Labute approximate surface area is 105 Å². The van der Waals surface area contributed by atoms with Gasteiger partial charge in [-0.1, -0.05) is 6.92 Å². The first-order valence-corrected chi connectivity index (χ1v) is 6.84. The van der Waals surface area contributed by atoms with Crippen LogP contribution in [0.15, 0.2) is 0 Å². The van der Waals surface area contributed by atoms with Crippen LogP contribution in [-0.2, 0) is 4.79 Å². The molecule has 0 N–H and O–H groups in total. The molecule has 2 fully saturated rings. The molecular formula is C13H25N3O. The molecular weight excluding hydrogens is 214 g/mol. The second-order valence-electron chi connectivity index (χ2n) is 5.67. The minimum atomic E-state index is 0.334. The Morgan fingerprint density at radius 1 is 1.18 bits per heavy atom. The number of amides is 1. The van der Waals surface area contributed by atoms with Crippen LogP contribution >= 0.6 is 0 Å². The maximum atomic E-state index is 12.2. The highest BCUT2D eigenvalue weighted by molar-refractivity contribution is 5.78. The Balaban J connectivity index is 1.76. The molecule has 2 aliphatic rings. The lowest BCUT2D eigenvalue weighted by molar-refractivity contribution is -0.134. The van der Waals surface area contributed by atoms with Crippen molar-refractivity contribution < 1.29 is 4.79 Å². The van der Waals surface area contributed by atoms with Crippen molar-refractivity contribution in [3.05, 3.63) is 0 Å². The van der Waals surface area contributed by atoms with E-state index in [2.05, 4.69) is 28.7 Å². The third kappa shape index (κ3) is 3.68. The Morgan fingerprint density at radius 2 is 1.88 bits per heavy atom. The highest BCUT2D eigenvalue weighted by Crippen LogP contribution is 2.15. The molecule has 2 aliphatic heterocycles. The van der Waals surface area contributed by atoms with Crippen LogP contribution in [0.5, 0.6) is 0 Å². The summed E-state index contributed by atoms with van der Waals surface area (Å²) in [5.41, 5.74) is 0. The van der Waals surface area contributed by atoms with E-state index in [0.717, 1.165) is 39.3 Å². The van der Waals surface area contributed by atoms with Crippen molar-refractivity contribution in [1.82, 2.24) is 14.7 Å². The number of piperazine rings is 1. The van der Waals surface area contributed by atoms with Gasteiger partial charge < -0.3 is 9.80 Å². The molecule has 2 saturated heterocycles. The first kappa shape index (κ1) is 12.8. The average Bonchev–Trinajstić information content (AvgIpc) is 2.32. The molecule has 1 amide bonds. The predicted octanol–water partition coefficient (Wildman–Crippen LogP) is 0.492. The van der Waals surface area contributed by atoms with Crippen molar-refractivity contribution in [2.75, 3.05) is 52.9 Å². The Bertz CT molecular complexity index is 261. The van der Waals surface area contributed by atoms with Crippen molar-refractivity contribution in [3.63, 3.8) is 0 Å². The van der Waals surface area contributed by atoms with Gasteiger partial charge in [0.2, 0.25) is 5.91 Å². The van der Waals surface area contributed by atoms with E-state index in [1.807, 2.05) is 0 Å². The fraction of sp³-hybridized carbons (Fsp3) is 0.923. The summed E-state index contributed by atoms with van der Waals surface area (Å²) in [7, 11) is 2.14. The van der Waals surface area contributed by atoms with Gasteiger partial charge in [0, 0.05) is 39.3 Å². The molecule has 0 saturated carbocycles. The molecule has 17 heavy (non-hydrogen) atoms. The van der Waals surface area contributed by atoms with Crippen LogP contribution in [0.25, 0.3) is 0 Å². The lowest BCUT2D eigenvalue weighted by Gasteiger charge is -2.35. The quantitative estimate of drug-likeness (QED) is 0.702. The number of carbonyl (C=O) groups is 1. The van der Waals surface area contributed by atoms with E-state index in [9.17, 15) is 4.79 Å². The number of likely N-dealkylation sites (N-methyl/N-ethyl adjacent to an activating group) is 1. The Kier molecular flexibility index (Phi) is 4.40. The molecule has 0 radical (unpaired) electrons. The standard InChI is InChI=1S/C13H25N3O/c1-12-4-3-5-16(10-12)13(17)11-15-8-6-14(2)7-9-15/h12H,3-11H2,1-2H3/t12-/m1/s1. The minimum Gasteiger partial charge on any atom is -0.341 e. The van der Waals surface area contributed by atoms with Crippen molar-refractivity contribution in [1.29, 1.82) is 0 Å². The van der Waals surface area contributed by atoms with Gasteiger partial charge >= 0.3 is 0 Å². The molecule has 0 aromatic rings. The smallest absolute Gasteiger partial charge is 0.236 e. The number of nitrogens with zero attached hydrogens (tertiary/aromatic N) is 3. The third-order valence-electron chi connectivity index (χ3n) is 3.96. The molecule has 2 rings (SSSR count). The van der Waals surface area contributed by atoms with E-state index in [4.69, 9.17) is 0 Å². The maximum absolute atomic E-state index is 12.2. The molecule has 0 aromatic carbocycles. The molecule has 0 bridgehead atoms. The predicted molar refractivity (Wildman–Crippen MR) is 68.9 cm³/mol. The molecule has 0 aromatic heterocycles. The molecule has 1 atom stereocenters. The first-order valence-electron chi connectivity index (χ1n) is 6.84. The highest BCUT2D eigenvalue weighted by atomic mass is 16.2. The van der Waals surface area contributed by atoms with Crippen LogP contribution in [0.1, 0.15) is 19.8 Å². The third-order valence-corrected chi connectivity index (χ3v) is 3.96. The zero-order valence-corrected chi connectivity index (χ0v) is 11.2. The SMILES string of the molecule is C[C@@H]1CCCN(C(=O)CN2CCN(C)CC2)C1. The Hall–Kier alpha value is -0.610. The summed E-state index contributed by atoms with van der Waals surface area (Å²) in [6.45, 7) is 9.05. The largest absolute Gasteiger partial charge is 0.341 e. The fourth-order valence-corrected chi connectivity index (χ4v) is 2.71. The molecule has 98 valence electrons.